The summed E-state index contributed by atoms with van der Waals surface area (Å²) in [7, 11) is 3.51. The quantitative estimate of drug-likeness (QED) is 0.308. The molecule has 0 aliphatic carbocycles. The van der Waals surface area contributed by atoms with Crippen molar-refractivity contribution in [3.63, 3.8) is 0 Å². The summed E-state index contributed by atoms with van der Waals surface area (Å²) >= 11 is 6.01. The molecule has 0 bridgehead atoms. The number of hydrogen-bond donors (Lipinski definition) is 0. The van der Waals surface area contributed by atoms with Crippen molar-refractivity contribution in [1.82, 2.24) is 15.0 Å². The van der Waals surface area contributed by atoms with Gasteiger partial charge in [-0.3, -0.25) is 0 Å². The summed E-state index contributed by atoms with van der Waals surface area (Å²) in [4.78, 5) is 14.5. The molecule has 8 heteroatoms. The minimum atomic E-state index is -0.511. The Kier molecular flexibility index (Phi) is 7.13. The maximum absolute atomic E-state index is 12.6. The van der Waals surface area contributed by atoms with Gasteiger partial charge < -0.3 is 14.4 Å². The first kappa shape index (κ1) is 23.3. The fourth-order valence-corrected chi connectivity index (χ4v) is 3.75. The van der Waals surface area contributed by atoms with E-state index in [1.54, 1.807) is 18.7 Å². The summed E-state index contributed by atoms with van der Waals surface area (Å²) < 4.78 is 12.2. The molecule has 0 fully saturated rings. The average molecular weight is 477 g/mol. The van der Waals surface area contributed by atoms with E-state index in [4.69, 9.17) is 21.1 Å². The summed E-state index contributed by atoms with van der Waals surface area (Å²) in [5, 5.41) is 9.10. The van der Waals surface area contributed by atoms with Crippen LogP contribution >= 0.6 is 11.6 Å². The van der Waals surface area contributed by atoms with E-state index in [0.717, 1.165) is 28.1 Å². The Hall–Kier alpha value is -3.84. The van der Waals surface area contributed by atoms with Crippen molar-refractivity contribution in [3.8, 4) is 16.9 Å². The van der Waals surface area contributed by atoms with Crippen LogP contribution in [-0.4, -0.2) is 41.7 Å². The van der Waals surface area contributed by atoms with Crippen LogP contribution in [0.5, 0.6) is 5.75 Å². The zero-order valence-electron chi connectivity index (χ0n) is 19.2. The minimum absolute atomic E-state index is 0.166. The number of halogens is 1. The van der Waals surface area contributed by atoms with Crippen molar-refractivity contribution in [2.75, 3.05) is 25.7 Å². The van der Waals surface area contributed by atoms with Crippen LogP contribution in [0.3, 0.4) is 0 Å². The predicted octanol–water partition coefficient (Wildman–Crippen LogP) is 5.60. The normalized spacial score (nSPS) is 10.7. The van der Waals surface area contributed by atoms with Crippen molar-refractivity contribution in [1.29, 1.82) is 0 Å². The first-order valence-corrected chi connectivity index (χ1v) is 11.2. The predicted molar refractivity (Wildman–Crippen MR) is 133 cm³/mol. The first-order chi connectivity index (χ1) is 16.5. The highest BCUT2D eigenvalue weighted by Gasteiger charge is 2.25. The van der Waals surface area contributed by atoms with Gasteiger partial charge in [0.2, 0.25) is 5.69 Å². The van der Waals surface area contributed by atoms with Gasteiger partial charge in [-0.1, -0.05) is 53.2 Å². The molecule has 0 unspecified atom stereocenters. The number of benzene rings is 3. The lowest BCUT2D eigenvalue weighted by atomic mass is 10.1. The second-order valence-electron chi connectivity index (χ2n) is 7.60. The van der Waals surface area contributed by atoms with E-state index >= 15 is 0 Å². The number of rotatable bonds is 8. The average Bonchev–Trinajstić information content (AvgIpc) is 3.28. The third-order valence-electron chi connectivity index (χ3n) is 5.42. The van der Waals surface area contributed by atoms with E-state index in [-0.39, 0.29) is 12.3 Å². The monoisotopic (exact) mass is 476 g/mol. The molecule has 7 nitrogen and oxygen atoms in total. The Morgan fingerprint density at radius 1 is 0.971 bits per heavy atom. The molecule has 34 heavy (non-hydrogen) atoms. The number of nitrogens with zero attached hydrogens (tertiary/aromatic N) is 4. The van der Waals surface area contributed by atoms with E-state index < -0.39 is 5.97 Å². The van der Waals surface area contributed by atoms with Crippen LogP contribution in [0.15, 0.2) is 72.8 Å². The van der Waals surface area contributed by atoms with Gasteiger partial charge in [-0.15, -0.1) is 5.10 Å². The Morgan fingerprint density at radius 2 is 1.59 bits per heavy atom. The molecule has 0 spiro atoms. The third kappa shape index (κ3) is 5.05. The minimum Gasteiger partial charge on any atom is -0.497 e. The molecule has 0 radical (unpaired) electrons. The van der Waals surface area contributed by atoms with Gasteiger partial charge in [0.25, 0.3) is 0 Å². The van der Waals surface area contributed by atoms with Crippen LogP contribution in [0.4, 0.5) is 11.5 Å². The van der Waals surface area contributed by atoms with Crippen molar-refractivity contribution >= 4 is 29.1 Å². The molecule has 3 aromatic carbocycles. The largest absolute Gasteiger partial charge is 0.497 e. The number of carbonyl (C=O) groups is 1. The van der Waals surface area contributed by atoms with E-state index in [9.17, 15) is 4.79 Å². The number of anilines is 2. The van der Waals surface area contributed by atoms with Crippen molar-refractivity contribution in [3.05, 3.63) is 89.1 Å². The molecule has 4 rings (SSSR count). The highest BCUT2D eigenvalue weighted by Crippen LogP contribution is 2.30. The van der Waals surface area contributed by atoms with Gasteiger partial charge in [-0.2, -0.15) is 0 Å². The third-order valence-corrected chi connectivity index (χ3v) is 5.67. The van der Waals surface area contributed by atoms with E-state index in [0.29, 0.717) is 17.4 Å². The molecule has 174 valence electrons. The maximum Gasteiger partial charge on any atom is 0.362 e. The molecule has 0 saturated heterocycles. The summed E-state index contributed by atoms with van der Waals surface area (Å²) in [6, 6.07) is 23.4. The van der Waals surface area contributed by atoms with Crippen LogP contribution in [0.1, 0.15) is 23.0 Å². The van der Waals surface area contributed by atoms with Gasteiger partial charge in [-0.05, 0) is 60.0 Å². The summed E-state index contributed by atoms with van der Waals surface area (Å²) in [6.45, 7) is 2.45. The highest BCUT2D eigenvalue weighted by molar-refractivity contribution is 6.30. The fraction of sp³-hybridized carbons (Fsp3) is 0.192. The molecule has 4 aromatic rings. The van der Waals surface area contributed by atoms with Crippen molar-refractivity contribution < 1.29 is 14.3 Å². The van der Waals surface area contributed by atoms with Crippen molar-refractivity contribution in [2.45, 2.75) is 13.5 Å². The van der Waals surface area contributed by atoms with Crippen LogP contribution in [0, 0.1) is 0 Å². The number of esters is 1. The smallest absolute Gasteiger partial charge is 0.362 e. The number of aromatic nitrogens is 3. The van der Waals surface area contributed by atoms with Gasteiger partial charge >= 0.3 is 5.97 Å². The number of ether oxygens (including phenoxy) is 2. The van der Waals surface area contributed by atoms with Crippen LogP contribution in [0.2, 0.25) is 5.02 Å². The number of hydrogen-bond acceptors (Lipinski definition) is 6. The second kappa shape index (κ2) is 10.4. The van der Waals surface area contributed by atoms with Crippen molar-refractivity contribution in [2.24, 2.45) is 0 Å². The van der Waals surface area contributed by atoms with Crippen LogP contribution in [-0.2, 0) is 11.3 Å². The summed E-state index contributed by atoms with van der Waals surface area (Å²) in [5.41, 5.74) is 4.16. The maximum atomic E-state index is 12.6. The van der Waals surface area contributed by atoms with E-state index in [1.807, 2.05) is 84.7 Å². The Balaban J connectivity index is 1.66. The van der Waals surface area contributed by atoms with Gasteiger partial charge in [0.1, 0.15) is 5.75 Å². The summed E-state index contributed by atoms with van der Waals surface area (Å²) in [6.07, 6.45) is 0. The molecule has 0 N–H and O–H groups in total. The number of methoxy groups -OCH3 is 1. The lowest BCUT2D eigenvalue weighted by molar-refractivity contribution is 0.0520. The highest BCUT2D eigenvalue weighted by atomic mass is 35.5. The van der Waals surface area contributed by atoms with Gasteiger partial charge in [0, 0.05) is 17.8 Å². The van der Waals surface area contributed by atoms with Gasteiger partial charge in [-0.25, -0.2) is 9.48 Å². The second-order valence-corrected chi connectivity index (χ2v) is 8.04. The molecule has 0 amide bonds. The van der Waals surface area contributed by atoms with E-state index in [1.165, 1.54) is 0 Å². The molecular weight excluding hydrogens is 452 g/mol. The topological polar surface area (TPSA) is 69.5 Å². The SMILES string of the molecule is CCOC(=O)c1nnn(Cc2ccc(OC)cc2)c1N(C)c1ccc(-c2ccc(Cl)cc2)cc1. The number of carbonyl (C=O) groups excluding carboxylic acids is 1. The summed E-state index contributed by atoms with van der Waals surface area (Å²) in [5.74, 6) is 0.810. The molecule has 0 aliphatic rings. The van der Waals surface area contributed by atoms with Gasteiger partial charge in [0.05, 0.1) is 20.3 Å². The van der Waals surface area contributed by atoms with E-state index in [2.05, 4.69) is 10.3 Å². The Morgan fingerprint density at radius 3 is 2.18 bits per heavy atom. The molecule has 1 aromatic heterocycles. The molecule has 0 aliphatic heterocycles. The Bertz CT molecular complexity index is 1250. The fourth-order valence-electron chi connectivity index (χ4n) is 3.62. The standard InChI is InChI=1S/C26H25ClN4O3/c1-4-34-26(32)24-25(31(29-28-24)17-18-5-15-23(33-3)16-6-18)30(2)22-13-9-20(10-14-22)19-7-11-21(27)12-8-19/h5-16H,4,17H2,1-3H3. The first-order valence-electron chi connectivity index (χ1n) is 10.8. The van der Waals surface area contributed by atoms with Crippen LogP contribution < -0.4 is 9.64 Å². The molecular formula is C26H25ClN4O3. The molecule has 0 atom stereocenters. The lowest BCUT2D eigenvalue weighted by Crippen LogP contribution is -2.19. The zero-order chi connectivity index (χ0) is 24.1. The Labute approximate surface area is 203 Å². The lowest BCUT2D eigenvalue weighted by Gasteiger charge is -2.21. The molecule has 0 saturated carbocycles. The van der Waals surface area contributed by atoms with Gasteiger partial charge in [0.15, 0.2) is 5.82 Å². The molecule has 1 heterocycles. The zero-order valence-corrected chi connectivity index (χ0v) is 20.0. The van der Waals surface area contributed by atoms with Crippen LogP contribution in [0.25, 0.3) is 11.1 Å².